The summed E-state index contributed by atoms with van der Waals surface area (Å²) in [6.45, 7) is 2.33. The Morgan fingerprint density at radius 3 is 3.05 bits per heavy atom. The zero-order chi connectivity index (χ0) is 14.4. The Balaban J connectivity index is 1.94. The molecule has 0 saturated heterocycles. The number of hydrogen-bond acceptors (Lipinski definition) is 2. The number of fused-ring (bicyclic) bond motifs is 1. The van der Waals surface area contributed by atoms with E-state index in [1.807, 2.05) is 30.5 Å². The van der Waals surface area contributed by atoms with Crippen molar-refractivity contribution in [1.29, 1.82) is 0 Å². The Hall–Kier alpha value is -2.25. The van der Waals surface area contributed by atoms with E-state index in [0.29, 0.717) is 19.4 Å². The lowest BCUT2D eigenvalue weighted by atomic mass is 10.1. The maximum Gasteiger partial charge on any atom is 0.237 e. The molecule has 2 rings (SSSR count). The summed E-state index contributed by atoms with van der Waals surface area (Å²) in [5.74, 6) is 5.56. The van der Waals surface area contributed by atoms with Gasteiger partial charge in [0.25, 0.3) is 0 Å². The lowest BCUT2D eigenvalue weighted by Gasteiger charge is -2.11. The molecule has 0 spiro atoms. The fourth-order valence-electron chi connectivity index (χ4n) is 2.13. The van der Waals surface area contributed by atoms with Gasteiger partial charge in [-0.25, -0.2) is 0 Å². The van der Waals surface area contributed by atoms with Crippen molar-refractivity contribution in [3.8, 4) is 11.8 Å². The second-order valence-corrected chi connectivity index (χ2v) is 4.64. The Labute approximate surface area is 118 Å². The van der Waals surface area contributed by atoms with E-state index in [4.69, 9.17) is 5.73 Å². The normalized spacial score (nSPS) is 11.7. The first kappa shape index (κ1) is 14.2. The smallest absolute Gasteiger partial charge is 0.237 e. The summed E-state index contributed by atoms with van der Waals surface area (Å²) in [5, 5.41) is 3.92. The van der Waals surface area contributed by atoms with E-state index in [2.05, 4.69) is 22.1 Å². The van der Waals surface area contributed by atoms with E-state index in [9.17, 15) is 4.79 Å². The van der Waals surface area contributed by atoms with Crippen molar-refractivity contribution < 1.29 is 4.79 Å². The van der Waals surface area contributed by atoms with Gasteiger partial charge in [0.15, 0.2) is 0 Å². The number of carbonyl (C=O) groups is 1. The van der Waals surface area contributed by atoms with Crippen LogP contribution in [0.5, 0.6) is 0 Å². The van der Waals surface area contributed by atoms with Gasteiger partial charge in [0, 0.05) is 30.1 Å². The van der Waals surface area contributed by atoms with Gasteiger partial charge >= 0.3 is 0 Å². The lowest BCUT2D eigenvalue weighted by Crippen LogP contribution is -2.42. The quantitative estimate of drug-likeness (QED) is 0.569. The van der Waals surface area contributed by atoms with Crippen LogP contribution in [0.25, 0.3) is 10.9 Å². The molecular formula is C16H19N3O. The Morgan fingerprint density at radius 1 is 1.45 bits per heavy atom. The standard InChI is InChI=1S/C16H19N3O/c1-2-3-6-9-18-16(20)14(17)10-12-11-19-15-8-5-4-7-13(12)15/h4-5,7-8,11,14,19H,6,9-10,17H2,1H3,(H,18,20). The molecule has 0 bridgehead atoms. The molecular weight excluding hydrogens is 250 g/mol. The van der Waals surface area contributed by atoms with Crippen LogP contribution in [0.2, 0.25) is 0 Å². The maximum absolute atomic E-state index is 11.9. The molecule has 0 aliphatic carbocycles. The minimum absolute atomic E-state index is 0.131. The first-order chi connectivity index (χ1) is 9.72. The van der Waals surface area contributed by atoms with Crippen LogP contribution < -0.4 is 11.1 Å². The van der Waals surface area contributed by atoms with Gasteiger partial charge in [-0.1, -0.05) is 18.2 Å². The minimum Gasteiger partial charge on any atom is -0.361 e. The SMILES string of the molecule is CC#CCCNC(=O)C(N)Cc1c[nH]c2ccccc12. The van der Waals surface area contributed by atoms with Crippen LogP contribution >= 0.6 is 0 Å². The zero-order valence-electron chi connectivity index (χ0n) is 11.6. The van der Waals surface area contributed by atoms with Gasteiger partial charge in [-0.2, -0.15) is 0 Å². The number of carbonyl (C=O) groups excluding carboxylic acids is 1. The van der Waals surface area contributed by atoms with Crippen molar-refractivity contribution in [2.75, 3.05) is 6.54 Å². The number of rotatable bonds is 5. The molecule has 1 amide bonds. The summed E-state index contributed by atoms with van der Waals surface area (Å²) < 4.78 is 0. The number of H-pyrrole nitrogens is 1. The molecule has 1 aromatic heterocycles. The van der Waals surface area contributed by atoms with Crippen molar-refractivity contribution in [2.24, 2.45) is 5.73 Å². The molecule has 0 fully saturated rings. The predicted octanol–water partition coefficient (Wildman–Crippen LogP) is 1.57. The Bertz CT molecular complexity index is 648. The summed E-state index contributed by atoms with van der Waals surface area (Å²) in [6, 6.07) is 7.46. The minimum atomic E-state index is -0.538. The number of benzene rings is 1. The summed E-state index contributed by atoms with van der Waals surface area (Å²) in [7, 11) is 0. The molecule has 1 aromatic carbocycles. The number of amides is 1. The monoisotopic (exact) mass is 269 g/mol. The van der Waals surface area contributed by atoms with Crippen LogP contribution in [0, 0.1) is 11.8 Å². The molecule has 1 unspecified atom stereocenters. The Morgan fingerprint density at radius 2 is 2.25 bits per heavy atom. The van der Waals surface area contributed by atoms with E-state index in [1.54, 1.807) is 6.92 Å². The van der Waals surface area contributed by atoms with Crippen LogP contribution in [0.1, 0.15) is 18.9 Å². The summed E-state index contributed by atoms with van der Waals surface area (Å²) in [4.78, 5) is 15.1. The van der Waals surface area contributed by atoms with Crippen LogP contribution in [0.4, 0.5) is 0 Å². The van der Waals surface area contributed by atoms with E-state index >= 15 is 0 Å². The number of para-hydroxylation sites is 1. The summed E-state index contributed by atoms with van der Waals surface area (Å²) in [5.41, 5.74) is 8.08. The van der Waals surface area contributed by atoms with Crippen LogP contribution in [0.3, 0.4) is 0 Å². The topological polar surface area (TPSA) is 70.9 Å². The largest absolute Gasteiger partial charge is 0.361 e. The third-order valence-corrected chi connectivity index (χ3v) is 3.18. The number of aromatic nitrogens is 1. The van der Waals surface area contributed by atoms with Crippen molar-refractivity contribution in [3.05, 3.63) is 36.0 Å². The van der Waals surface area contributed by atoms with Gasteiger partial charge in [-0.15, -0.1) is 11.8 Å². The van der Waals surface area contributed by atoms with Gasteiger partial charge < -0.3 is 16.0 Å². The first-order valence-electron chi connectivity index (χ1n) is 6.70. The van der Waals surface area contributed by atoms with Crippen molar-refractivity contribution >= 4 is 16.8 Å². The van der Waals surface area contributed by atoms with Gasteiger partial charge in [0.2, 0.25) is 5.91 Å². The molecule has 2 aromatic rings. The number of hydrogen-bond donors (Lipinski definition) is 3. The molecule has 0 aliphatic heterocycles. The highest BCUT2D eigenvalue weighted by Crippen LogP contribution is 2.18. The molecule has 1 atom stereocenters. The highest BCUT2D eigenvalue weighted by molar-refractivity contribution is 5.86. The van der Waals surface area contributed by atoms with Crippen LogP contribution in [-0.4, -0.2) is 23.5 Å². The Kier molecular flexibility index (Phi) is 4.80. The third-order valence-electron chi connectivity index (χ3n) is 3.18. The molecule has 0 radical (unpaired) electrons. The van der Waals surface area contributed by atoms with Gasteiger partial charge in [-0.05, 0) is 25.0 Å². The average Bonchev–Trinajstić information content (AvgIpc) is 2.87. The summed E-state index contributed by atoms with van der Waals surface area (Å²) >= 11 is 0. The van der Waals surface area contributed by atoms with Crippen molar-refractivity contribution in [1.82, 2.24) is 10.3 Å². The third kappa shape index (κ3) is 3.40. The molecule has 20 heavy (non-hydrogen) atoms. The average molecular weight is 269 g/mol. The number of nitrogens with one attached hydrogen (secondary N) is 2. The maximum atomic E-state index is 11.9. The van der Waals surface area contributed by atoms with Crippen LogP contribution in [-0.2, 0) is 11.2 Å². The van der Waals surface area contributed by atoms with Gasteiger partial charge in [-0.3, -0.25) is 4.79 Å². The van der Waals surface area contributed by atoms with E-state index in [-0.39, 0.29) is 5.91 Å². The molecule has 0 aliphatic rings. The summed E-state index contributed by atoms with van der Waals surface area (Å²) in [6.07, 6.45) is 3.09. The van der Waals surface area contributed by atoms with E-state index in [1.165, 1.54) is 0 Å². The molecule has 1 heterocycles. The van der Waals surface area contributed by atoms with Crippen molar-refractivity contribution in [2.45, 2.75) is 25.8 Å². The second-order valence-electron chi connectivity index (χ2n) is 4.64. The number of aromatic amines is 1. The molecule has 4 N–H and O–H groups in total. The zero-order valence-corrected chi connectivity index (χ0v) is 11.6. The molecule has 0 saturated carbocycles. The highest BCUT2D eigenvalue weighted by Gasteiger charge is 2.15. The molecule has 4 heteroatoms. The number of nitrogens with two attached hydrogens (primary N) is 1. The first-order valence-corrected chi connectivity index (χ1v) is 6.70. The molecule has 104 valence electrons. The van der Waals surface area contributed by atoms with Crippen LogP contribution in [0.15, 0.2) is 30.5 Å². The molecule has 4 nitrogen and oxygen atoms in total. The van der Waals surface area contributed by atoms with Crippen molar-refractivity contribution in [3.63, 3.8) is 0 Å². The van der Waals surface area contributed by atoms with Gasteiger partial charge in [0.1, 0.15) is 0 Å². The highest BCUT2D eigenvalue weighted by atomic mass is 16.2. The van der Waals surface area contributed by atoms with Gasteiger partial charge in [0.05, 0.1) is 6.04 Å². The fraction of sp³-hybridized carbons (Fsp3) is 0.312. The second kappa shape index (κ2) is 6.78. The lowest BCUT2D eigenvalue weighted by molar-refractivity contribution is -0.122. The van der Waals surface area contributed by atoms with E-state index < -0.39 is 6.04 Å². The van der Waals surface area contributed by atoms with E-state index in [0.717, 1.165) is 16.5 Å². The fourth-order valence-corrected chi connectivity index (χ4v) is 2.13. The predicted molar refractivity (Wildman–Crippen MR) is 81.1 cm³/mol.